The lowest BCUT2D eigenvalue weighted by Gasteiger charge is -2.24. The van der Waals surface area contributed by atoms with Crippen LogP contribution in [0.5, 0.6) is 0 Å². The smallest absolute Gasteiger partial charge is 0.149 e. The molecule has 1 atom stereocenters. The lowest BCUT2D eigenvalue weighted by molar-refractivity contribution is 0.438. The Balaban J connectivity index is 1.78. The highest BCUT2D eigenvalue weighted by molar-refractivity contribution is 5.91. The van der Waals surface area contributed by atoms with Crippen molar-refractivity contribution in [1.82, 2.24) is 19.7 Å². The number of hydrogen-bond donors (Lipinski definition) is 1. The SMILES string of the molecule is Cc1cc(NC2CCCn3ncnc32)c2cc(F)ccc2n1. The third-order valence-electron chi connectivity index (χ3n) is 4.05. The quantitative estimate of drug-likeness (QED) is 0.789. The number of benzene rings is 1. The van der Waals surface area contributed by atoms with Crippen LogP contribution in [0.4, 0.5) is 10.1 Å². The maximum Gasteiger partial charge on any atom is 0.149 e. The number of aryl methyl sites for hydroxylation is 2. The fourth-order valence-corrected chi connectivity index (χ4v) is 3.06. The maximum atomic E-state index is 13.6. The number of anilines is 1. The van der Waals surface area contributed by atoms with Crippen molar-refractivity contribution in [3.8, 4) is 0 Å². The second-order valence-electron chi connectivity index (χ2n) is 5.65. The first-order valence-corrected chi connectivity index (χ1v) is 7.42. The van der Waals surface area contributed by atoms with E-state index in [9.17, 15) is 4.39 Å². The Bertz CT molecular complexity index is 842. The molecule has 2 aromatic heterocycles. The molecule has 3 aromatic rings. The van der Waals surface area contributed by atoms with Crippen LogP contribution >= 0.6 is 0 Å². The number of rotatable bonds is 2. The molecule has 1 aliphatic rings. The van der Waals surface area contributed by atoms with Gasteiger partial charge in [-0.15, -0.1) is 0 Å². The van der Waals surface area contributed by atoms with Crippen molar-refractivity contribution in [1.29, 1.82) is 0 Å². The van der Waals surface area contributed by atoms with Crippen LogP contribution in [0.15, 0.2) is 30.6 Å². The number of fused-ring (bicyclic) bond motifs is 2. The zero-order chi connectivity index (χ0) is 15.1. The average Bonchev–Trinajstić information content (AvgIpc) is 2.97. The Labute approximate surface area is 127 Å². The normalized spacial score (nSPS) is 17.5. The van der Waals surface area contributed by atoms with Crippen molar-refractivity contribution < 1.29 is 4.39 Å². The van der Waals surface area contributed by atoms with Gasteiger partial charge in [0.25, 0.3) is 0 Å². The van der Waals surface area contributed by atoms with Gasteiger partial charge in [-0.3, -0.25) is 4.98 Å². The van der Waals surface area contributed by atoms with E-state index in [0.717, 1.165) is 47.5 Å². The Morgan fingerprint density at radius 1 is 1.32 bits per heavy atom. The molecule has 1 N–H and O–H groups in total. The maximum absolute atomic E-state index is 13.6. The number of aromatic nitrogens is 4. The molecule has 1 aromatic carbocycles. The van der Waals surface area contributed by atoms with E-state index in [0.29, 0.717) is 0 Å². The van der Waals surface area contributed by atoms with Crippen LogP contribution < -0.4 is 5.32 Å². The summed E-state index contributed by atoms with van der Waals surface area (Å²) in [7, 11) is 0. The number of hydrogen-bond acceptors (Lipinski definition) is 4. The van der Waals surface area contributed by atoms with E-state index < -0.39 is 0 Å². The van der Waals surface area contributed by atoms with Gasteiger partial charge in [-0.05, 0) is 44.0 Å². The van der Waals surface area contributed by atoms with Crippen LogP contribution in [-0.2, 0) is 6.54 Å². The van der Waals surface area contributed by atoms with Gasteiger partial charge in [-0.2, -0.15) is 5.10 Å². The predicted octanol–water partition coefficient (Wildman–Crippen LogP) is 3.22. The van der Waals surface area contributed by atoms with Crippen LogP contribution in [0, 0.1) is 12.7 Å². The van der Waals surface area contributed by atoms with E-state index >= 15 is 0 Å². The molecule has 1 aliphatic heterocycles. The van der Waals surface area contributed by atoms with Crippen molar-refractivity contribution in [2.45, 2.75) is 32.4 Å². The standard InChI is InChI=1S/C16H16FN5/c1-10-7-15(12-8-11(17)4-5-13(12)20-10)21-14-3-2-6-22-16(14)18-9-19-22/h4-5,7-9,14H,2-3,6H2,1H3,(H,20,21). The average molecular weight is 297 g/mol. The number of pyridine rings is 1. The molecule has 0 fully saturated rings. The highest BCUT2D eigenvalue weighted by Gasteiger charge is 2.23. The largest absolute Gasteiger partial charge is 0.374 e. The van der Waals surface area contributed by atoms with E-state index in [-0.39, 0.29) is 11.9 Å². The van der Waals surface area contributed by atoms with E-state index in [1.165, 1.54) is 12.1 Å². The first kappa shape index (κ1) is 13.2. The molecule has 1 unspecified atom stereocenters. The summed E-state index contributed by atoms with van der Waals surface area (Å²) >= 11 is 0. The van der Waals surface area contributed by atoms with Gasteiger partial charge in [-0.25, -0.2) is 14.1 Å². The van der Waals surface area contributed by atoms with Crippen molar-refractivity contribution in [3.05, 3.63) is 47.9 Å². The van der Waals surface area contributed by atoms with Crippen LogP contribution in [0.1, 0.15) is 30.4 Å². The Morgan fingerprint density at radius 2 is 2.23 bits per heavy atom. The van der Waals surface area contributed by atoms with Crippen LogP contribution in [0.2, 0.25) is 0 Å². The summed E-state index contributed by atoms with van der Waals surface area (Å²) in [6.45, 7) is 2.84. The monoisotopic (exact) mass is 297 g/mol. The van der Waals surface area contributed by atoms with Gasteiger partial charge in [-0.1, -0.05) is 0 Å². The topological polar surface area (TPSA) is 55.6 Å². The lowest BCUT2D eigenvalue weighted by Crippen LogP contribution is -2.22. The molecule has 0 aliphatic carbocycles. The first-order valence-electron chi connectivity index (χ1n) is 7.42. The van der Waals surface area contributed by atoms with Crippen molar-refractivity contribution in [2.75, 3.05) is 5.32 Å². The van der Waals surface area contributed by atoms with E-state index in [2.05, 4.69) is 20.4 Å². The number of halogens is 1. The molecule has 5 nitrogen and oxygen atoms in total. The molecular formula is C16H16FN5. The van der Waals surface area contributed by atoms with Gasteiger partial charge in [0.15, 0.2) is 0 Å². The number of nitrogens with one attached hydrogen (secondary N) is 1. The third kappa shape index (κ3) is 2.20. The second kappa shape index (κ2) is 5.05. The first-order chi connectivity index (χ1) is 10.7. The summed E-state index contributed by atoms with van der Waals surface area (Å²) in [6.07, 6.45) is 3.62. The molecule has 112 valence electrons. The van der Waals surface area contributed by atoms with Crippen LogP contribution in [0.25, 0.3) is 10.9 Å². The summed E-state index contributed by atoms with van der Waals surface area (Å²) in [5.74, 6) is 0.679. The molecular weight excluding hydrogens is 281 g/mol. The zero-order valence-corrected chi connectivity index (χ0v) is 12.3. The van der Waals surface area contributed by atoms with Gasteiger partial charge in [0.1, 0.15) is 18.0 Å². The van der Waals surface area contributed by atoms with E-state index in [1.54, 1.807) is 12.4 Å². The van der Waals surface area contributed by atoms with Crippen molar-refractivity contribution >= 4 is 16.6 Å². The summed E-state index contributed by atoms with van der Waals surface area (Å²) in [5.41, 5.74) is 2.59. The molecule has 0 saturated carbocycles. The molecule has 6 heteroatoms. The van der Waals surface area contributed by atoms with Gasteiger partial charge >= 0.3 is 0 Å². The summed E-state index contributed by atoms with van der Waals surface area (Å²) in [4.78, 5) is 8.82. The van der Waals surface area contributed by atoms with E-state index in [1.807, 2.05) is 17.7 Å². The Kier molecular flexibility index (Phi) is 3.03. The molecule has 4 rings (SSSR count). The Hall–Kier alpha value is -2.50. The second-order valence-corrected chi connectivity index (χ2v) is 5.65. The van der Waals surface area contributed by atoms with Crippen molar-refractivity contribution in [3.63, 3.8) is 0 Å². The fourth-order valence-electron chi connectivity index (χ4n) is 3.06. The predicted molar refractivity (Wildman–Crippen MR) is 82.1 cm³/mol. The summed E-state index contributed by atoms with van der Waals surface area (Å²) in [6, 6.07) is 6.72. The molecule has 0 radical (unpaired) electrons. The molecule has 0 amide bonds. The summed E-state index contributed by atoms with van der Waals surface area (Å²) < 4.78 is 15.5. The fraction of sp³-hybridized carbons (Fsp3) is 0.312. The van der Waals surface area contributed by atoms with Gasteiger partial charge in [0.05, 0.1) is 11.6 Å². The van der Waals surface area contributed by atoms with Crippen LogP contribution in [-0.4, -0.2) is 19.7 Å². The van der Waals surface area contributed by atoms with Gasteiger partial charge < -0.3 is 5.32 Å². The van der Waals surface area contributed by atoms with Crippen molar-refractivity contribution in [2.24, 2.45) is 0 Å². The van der Waals surface area contributed by atoms with Crippen LogP contribution in [0.3, 0.4) is 0 Å². The highest BCUT2D eigenvalue weighted by atomic mass is 19.1. The number of nitrogens with zero attached hydrogens (tertiary/aromatic N) is 4. The summed E-state index contributed by atoms with van der Waals surface area (Å²) in [5, 5.41) is 8.53. The molecule has 0 saturated heterocycles. The lowest BCUT2D eigenvalue weighted by atomic mass is 10.1. The molecule has 0 bridgehead atoms. The van der Waals surface area contributed by atoms with E-state index in [4.69, 9.17) is 0 Å². The zero-order valence-electron chi connectivity index (χ0n) is 12.3. The molecule has 3 heterocycles. The minimum Gasteiger partial charge on any atom is -0.374 e. The highest BCUT2D eigenvalue weighted by Crippen LogP contribution is 2.31. The molecule has 0 spiro atoms. The third-order valence-corrected chi connectivity index (χ3v) is 4.05. The molecule has 22 heavy (non-hydrogen) atoms. The minimum absolute atomic E-state index is 0.0875. The van der Waals surface area contributed by atoms with Gasteiger partial charge in [0.2, 0.25) is 0 Å². The minimum atomic E-state index is -0.256. The van der Waals surface area contributed by atoms with Gasteiger partial charge in [0, 0.05) is 23.3 Å². The Morgan fingerprint density at radius 3 is 3.14 bits per heavy atom.